The van der Waals surface area contributed by atoms with Crippen LogP contribution in [0.5, 0.6) is 5.75 Å². The zero-order valence-corrected chi connectivity index (χ0v) is 12.2. The third-order valence-electron chi connectivity index (χ3n) is 3.92. The van der Waals surface area contributed by atoms with Crippen LogP contribution in [-0.4, -0.2) is 12.1 Å². The summed E-state index contributed by atoms with van der Waals surface area (Å²) in [6, 6.07) is 7.73. The summed E-state index contributed by atoms with van der Waals surface area (Å²) in [5, 5.41) is 0. The summed E-state index contributed by atoms with van der Waals surface area (Å²) in [5.74, 6) is 2.90. The Bertz CT molecular complexity index is 538. The van der Waals surface area contributed by atoms with Crippen LogP contribution in [0.3, 0.4) is 0 Å². The molecule has 0 atom stereocenters. The lowest BCUT2D eigenvalue weighted by Crippen LogP contribution is -2.23. The fourth-order valence-electron chi connectivity index (χ4n) is 1.72. The predicted octanol–water partition coefficient (Wildman–Crippen LogP) is 4.28. The lowest BCUT2D eigenvalue weighted by molar-refractivity contribution is 0.303. The van der Waals surface area contributed by atoms with Crippen molar-refractivity contribution in [1.82, 2.24) is 4.98 Å². The van der Waals surface area contributed by atoms with Gasteiger partial charge in [0.15, 0.2) is 0 Å². The number of benzene rings is 1. The molecule has 0 aliphatic heterocycles. The van der Waals surface area contributed by atoms with Crippen molar-refractivity contribution in [3.05, 3.63) is 36.2 Å². The number of ether oxygens (including phenoxy) is 1. The molecule has 2 rings (SSSR count). The van der Waals surface area contributed by atoms with Crippen molar-refractivity contribution >= 4 is 0 Å². The largest absolute Gasteiger partial charge is 0.497 e. The number of rotatable bonds is 4. The molecule has 1 aromatic carbocycles. The van der Waals surface area contributed by atoms with E-state index in [0.717, 1.165) is 17.1 Å². The molecule has 0 N–H and O–H groups in total. The molecule has 2 aromatic rings. The maximum Gasteiger partial charge on any atom is 0.226 e. The minimum atomic E-state index is -0.0162. The number of oxazole rings is 1. The van der Waals surface area contributed by atoms with Gasteiger partial charge in [-0.2, -0.15) is 0 Å². The van der Waals surface area contributed by atoms with Crippen molar-refractivity contribution < 1.29 is 9.15 Å². The van der Waals surface area contributed by atoms with E-state index in [4.69, 9.17) is 9.15 Å². The number of nitrogens with zero attached hydrogens (tertiary/aromatic N) is 1. The van der Waals surface area contributed by atoms with Gasteiger partial charge < -0.3 is 9.15 Å². The van der Waals surface area contributed by atoms with E-state index in [-0.39, 0.29) is 5.41 Å². The Hall–Kier alpha value is -1.77. The highest BCUT2D eigenvalue weighted by Gasteiger charge is 2.29. The van der Waals surface area contributed by atoms with E-state index < -0.39 is 0 Å². The Morgan fingerprint density at radius 1 is 1.16 bits per heavy atom. The van der Waals surface area contributed by atoms with Gasteiger partial charge in [0, 0.05) is 11.0 Å². The minimum Gasteiger partial charge on any atom is -0.497 e. The molecule has 0 aliphatic carbocycles. The maximum absolute atomic E-state index is 5.92. The Kier molecular flexibility index (Phi) is 3.65. The topological polar surface area (TPSA) is 35.3 Å². The second-order valence-electron chi connectivity index (χ2n) is 5.63. The second-order valence-corrected chi connectivity index (χ2v) is 5.63. The van der Waals surface area contributed by atoms with Gasteiger partial charge in [-0.1, -0.05) is 27.7 Å². The molecule has 19 heavy (non-hydrogen) atoms. The van der Waals surface area contributed by atoms with Crippen LogP contribution in [0.15, 0.2) is 34.9 Å². The number of methoxy groups -OCH3 is 1. The molecule has 1 heterocycles. The van der Waals surface area contributed by atoms with Crippen molar-refractivity contribution in [1.29, 1.82) is 0 Å². The molecule has 0 aliphatic rings. The Balaban J connectivity index is 2.30. The molecular formula is C16H21NO2. The summed E-state index contributed by atoms with van der Waals surface area (Å²) in [4.78, 5) is 4.38. The minimum absolute atomic E-state index is 0.0162. The van der Waals surface area contributed by atoms with Crippen LogP contribution < -0.4 is 4.74 Å². The average molecular weight is 259 g/mol. The summed E-state index contributed by atoms with van der Waals surface area (Å²) < 4.78 is 11.1. The lowest BCUT2D eigenvalue weighted by atomic mass is 9.79. The second kappa shape index (κ2) is 5.08. The van der Waals surface area contributed by atoms with Gasteiger partial charge in [-0.15, -0.1) is 0 Å². The van der Waals surface area contributed by atoms with Crippen molar-refractivity contribution in [2.45, 2.75) is 33.1 Å². The van der Waals surface area contributed by atoms with E-state index in [2.05, 4.69) is 32.7 Å². The highest BCUT2D eigenvalue weighted by atomic mass is 16.5. The van der Waals surface area contributed by atoms with Crippen molar-refractivity contribution in [2.75, 3.05) is 7.11 Å². The number of hydrogen-bond donors (Lipinski definition) is 0. The summed E-state index contributed by atoms with van der Waals surface area (Å²) >= 11 is 0. The highest BCUT2D eigenvalue weighted by molar-refractivity contribution is 5.54. The average Bonchev–Trinajstić information content (AvgIpc) is 2.89. The highest BCUT2D eigenvalue weighted by Crippen LogP contribution is 2.33. The predicted molar refractivity (Wildman–Crippen MR) is 76.4 cm³/mol. The Morgan fingerprint density at radius 2 is 1.79 bits per heavy atom. The van der Waals surface area contributed by atoms with E-state index in [1.54, 1.807) is 7.11 Å². The van der Waals surface area contributed by atoms with E-state index in [1.807, 2.05) is 30.5 Å². The molecule has 1 aromatic heterocycles. The fraction of sp³-hybridized carbons (Fsp3) is 0.438. The van der Waals surface area contributed by atoms with Gasteiger partial charge in [0.2, 0.25) is 5.89 Å². The molecule has 0 unspecified atom stereocenters. The van der Waals surface area contributed by atoms with Gasteiger partial charge in [-0.25, -0.2) is 4.98 Å². The van der Waals surface area contributed by atoms with Crippen molar-refractivity contribution in [2.24, 2.45) is 5.92 Å². The molecule has 0 bridgehead atoms. The standard InChI is InChI=1S/C16H21NO2/c1-11(2)16(3,4)14-10-17-15(19-14)12-6-8-13(18-5)9-7-12/h6-11H,1-5H3. The van der Waals surface area contributed by atoms with Gasteiger partial charge in [-0.05, 0) is 30.2 Å². The van der Waals surface area contributed by atoms with Crippen LogP contribution in [0.2, 0.25) is 0 Å². The van der Waals surface area contributed by atoms with Gasteiger partial charge in [0.1, 0.15) is 11.5 Å². The molecule has 0 radical (unpaired) electrons. The zero-order chi connectivity index (χ0) is 14.0. The van der Waals surface area contributed by atoms with E-state index in [9.17, 15) is 0 Å². The fourth-order valence-corrected chi connectivity index (χ4v) is 1.72. The zero-order valence-electron chi connectivity index (χ0n) is 12.2. The molecule has 0 saturated heterocycles. The van der Waals surface area contributed by atoms with Crippen LogP contribution >= 0.6 is 0 Å². The summed E-state index contributed by atoms with van der Waals surface area (Å²) in [6.45, 7) is 8.73. The first kappa shape index (κ1) is 13.7. The first-order valence-electron chi connectivity index (χ1n) is 6.56. The monoisotopic (exact) mass is 259 g/mol. The first-order chi connectivity index (χ1) is 8.95. The van der Waals surface area contributed by atoms with Gasteiger partial charge in [-0.3, -0.25) is 0 Å². The van der Waals surface area contributed by atoms with Crippen LogP contribution in [0.25, 0.3) is 11.5 Å². The molecule has 3 heteroatoms. The first-order valence-corrected chi connectivity index (χ1v) is 6.56. The van der Waals surface area contributed by atoms with Gasteiger partial charge in [0.25, 0.3) is 0 Å². The van der Waals surface area contributed by atoms with Gasteiger partial charge >= 0.3 is 0 Å². The van der Waals surface area contributed by atoms with Gasteiger partial charge in [0.05, 0.1) is 13.3 Å². The van der Waals surface area contributed by atoms with Crippen molar-refractivity contribution in [3.8, 4) is 17.2 Å². The van der Waals surface area contributed by atoms with Crippen LogP contribution in [0, 0.1) is 5.92 Å². The smallest absolute Gasteiger partial charge is 0.226 e. The van der Waals surface area contributed by atoms with Crippen LogP contribution in [-0.2, 0) is 5.41 Å². The lowest BCUT2D eigenvalue weighted by Gasteiger charge is -2.25. The number of hydrogen-bond acceptors (Lipinski definition) is 3. The maximum atomic E-state index is 5.92. The summed E-state index contributed by atoms with van der Waals surface area (Å²) in [5.41, 5.74) is 0.948. The summed E-state index contributed by atoms with van der Waals surface area (Å²) in [7, 11) is 1.66. The summed E-state index contributed by atoms with van der Waals surface area (Å²) in [6.07, 6.45) is 1.83. The molecule has 0 saturated carbocycles. The van der Waals surface area contributed by atoms with Crippen LogP contribution in [0.1, 0.15) is 33.5 Å². The third kappa shape index (κ3) is 2.65. The molecule has 0 fully saturated rings. The number of aromatic nitrogens is 1. The molecule has 0 spiro atoms. The molecule has 0 amide bonds. The van der Waals surface area contributed by atoms with E-state index >= 15 is 0 Å². The van der Waals surface area contributed by atoms with E-state index in [1.165, 1.54) is 0 Å². The quantitative estimate of drug-likeness (QED) is 0.821. The molecule has 102 valence electrons. The van der Waals surface area contributed by atoms with E-state index in [0.29, 0.717) is 11.8 Å². The third-order valence-corrected chi connectivity index (χ3v) is 3.92. The van der Waals surface area contributed by atoms with Crippen molar-refractivity contribution in [3.63, 3.8) is 0 Å². The molecule has 3 nitrogen and oxygen atoms in total. The Morgan fingerprint density at radius 3 is 2.32 bits per heavy atom. The normalized spacial score (nSPS) is 11.9. The van der Waals surface area contributed by atoms with Crippen LogP contribution in [0.4, 0.5) is 0 Å². The SMILES string of the molecule is COc1ccc(-c2ncc(C(C)(C)C(C)C)o2)cc1. The molecular weight excluding hydrogens is 238 g/mol. The Labute approximate surface area is 114 Å².